The van der Waals surface area contributed by atoms with Gasteiger partial charge in [-0.15, -0.1) is 22.6 Å². The van der Waals surface area contributed by atoms with Crippen LogP contribution in [0.3, 0.4) is 0 Å². The molecular weight excluding hydrogens is 282 g/mol. The highest BCUT2D eigenvalue weighted by atomic mass is 35.5. The quantitative estimate of drug-likeness (QED) is 0.660. The maximum atomic E-state index is 4.19. The third-order valence-corrected chi connectivity index (χ3v) is 3.36. The van der Waals surface area contributed by atoms with Gasteiger partial charge in [0.2, 0.25) is 5.13 Å². The number of aliphatic imine (C=N–C) groups is 1. The highest BCUT2D eigenvalue weighted by Crippen LogP contribution is 2.28. The van der Waals surface area contributed by atoms with Crippen molar-refractivity contribution in [2.24, 2.45) is 4.99 Å². The molecule has 2 N–H and O–H groups in total. The molecule has 0 aliphatic rings. The average Bonchev–Trinajstić information content (AvgIpc) is 2.85. The van der Waals surface area contributed by atoms with E-state index in [0.29, 0.717) is 5.96 Å². The number of anilines is 1. The van der Waals surface area contributed by atoms with Crippen LogP contribution in [-0.4, -0.2) is 30.3 Å². The molecule has 7 heteroatoms. The van der Waals surface area contributed by atoms with E-state index in [9.17, 15) is 0 Å². The van der Waals surface area contributed by atoms with Gasteiger partial charge in [0, 0.05) is 19.7 Å². The first kappa shape index (κ1) is 15.4. The molecule has 0 saturated heterocycles. The summed E-state index contributed by atoms with van der Waals surface area (Å²) in [5.41, 5.74) is 2.31. The summed E-state index contributed by atoms with van der Waals surface area (Å²) in [6.45, 7) is 2.07. The first-order valence-corrected chi connectivity index (χ1v) is 6.37. The third-order valence-electron chi connectivity index (χ3n) is 2.49. The van der Waals surface area contributed by atoms with Crippen LogP contribution in [0, 0.1) is 6.92 Å². The van der Waals surface area contributed by atoms with Crippen molar-refractivity contribution in [1.82, 2.24) is 15.5 Å². The summed E-state index contributed by atoms with van der Waals surface area (Å²) in [6.07, 6.45) is 0. The molecule has 2 aromatic rings. The molecule has 0 aliphatic heterocycles. The second-order valence-corrected chi connectivity index (χ2v) is 4.65. The maximum Gasteiger partial charge on any atom is 0.212 e. The third kappa shape index (κ3) is 3.65. The Hall–Kier alpha value is -1.66. The lowest BCUT2D eigenvalue weighted by Crippen LogP contribution is -2.26. The Bertz CT molecular complexity index is 567. The molecule has 102 valence electrons. The van der Waals surface area contributed by atoms with Crippen molar-refractivity contribution >= 4 is 34.8 Å². The zero-order chi connectivity index (χ0) is 13.0. The smallest absolute Gasteiger partial charge is 0.212 e. The summed E-state index contributed by atoms with van der Waals surface area (Å²) < 4.78 is 0. The lowest BCUT2D eigenvalue weighted by molar-refractivity contribution is 1.08. The van der Waals surface area contributed by atoms with Gasteiger partial charge in [-0.3, -0.25) is 4.99 Å². The Morgan fingerprint density at radius 2 is 2.00 bits per heavy atom. The van der Waals surface area contributed by atoms with Crippen LogP contribution >= 0.6 is 23.7 Å². The van der Waals surface area contributed by atoms with Crippen molar-refractivity contribution < 1.29 is 0 Å². The van der Waals surface area contributed by atoms with E-state index in [1.807, 2.05) is 18.2 Å². The molecule has 0 atom stereocenters. The molecule has 0 saturated carbocycles. The van der Waals surface area contributed by atoms with Gasteiger partial charge in [0.05, 0.1) is 0 Å². The molecule has 0 fully saturated rings. The van der Waals surface area contributed by atoms with Gasteiger partial charge in [0.15, 0.2) is 5.96 Å². The average molecular weight is 298 g/mol. The van der Waals surface area contributed by atoms with Gasteiger partial charge in [0.25, 0.3) is 0 Å². The second kappa shape index (κ2) is 7.06. The molecule has 1 aromatic carbocycles. The van der Waals surface area contributed by atoms with E-state index in [1.165, 1.54) is 16.9 Å². The monoisotopic (exact) mass is 297 g/mol. The first-order chi connectivity index (χ1) is 8.74. The summed E-state index contributed by atoms with van der Waals surface area (Å²) in [5, 5.41) is 15.9. The van der Waals surface area contributed by atoms with E-state index in [-0.39, 0.29) is 12.4 Å². The van der Waals surface area contributed by atoms with Crippen molar-refractivity contribution in [3.63, 3.8) is 0 Å². The van der Waals surface area contributed by atoms with E-state index in [0.717, 1.165) is 15.7 Å². The molecule has 1 heterocycles. The van der Waals surface area contributed by atoms with Crippen LogP contribution in [-0.2, 0) is 0 Å². The summed E-state index contributed by atoms with van der Waals surface area (Å²) in [4.78, 5) is 4.03. The van der Waals surface area contributed by atoms with Crippen molar-refractivity contribution in [2.75, 3.05) is 19.4 Å². The van der Waals surface area contributed by atoms with Crippen molar-refractivity contribution in [3.8, 4) is 10.6 Å². The number of hydrogen-bond acceptors (Lipinski definition) is 4. The molecule has 2 rings (SSSR count). The minimum atomic E-state index is 0. The van der Waals surface area contributed by atoms with Crippen molar-refractivity contribution in [1.29, 1.82) is 0 Å². The number of benzene rings is 1. The van der Waals surface area contributed by atoms with E-state index in [2.05, 4.69) is 38.8 Å². The fourth-order valence-electron chi connectivity index (χ4n) is 1.53. The number of nitrogens with one attached hydrogen (secondary N) is 2. The predicted molar refractivity (Wildman–Crippen MR) is 83.4 cm³/mol. The van der Waals surface area contributed by atoms with Crippen LogP contribution in [0.2, 0.25) is 0 Å². The zero-order valence-corrected chi connectivity index (χ0v) is 12.6. The largest absolute Gasteiger partial charge is 0.359 e. The van der Waals surface area contributed by atoms with Crippen LogP contribution in [0.25, 0.3) is 10.6 Å². The van der Waals surface area contributed by atoms with Gasteiger partial charge >= 0.3 is 0 Å². The van der Waals surface area contributed by atoms with Gasteiger partial charge in [-0.05, 0) is 12.5 Å². The Kier molecular flexibility index (Phi) is 5.72. The zero-order valence-electron chi connectivity index (χ0n) is 11.0. The summed E-state index contributed by atoms with van der Waals surface area (Å²) >= 11 is 1.51. The van der Waals surface area contributed by atoms with Crippen LogP contribution in [0.4, 0.5) is 5.13 Å². The number of aryl methyl sites for hydroxylation is 1. The molecule has 1 aromatic heterocycles. The van der Waals surface area contributed by atoms with E-state index in [1.54, 1.807) is 14.1 Å². The van der Waals surface area contributed by atoms with Crippen LogP contribution < -0.4 is 10.6 Å². The summed E-state index contributed by atoms with van der Waals surface area (Å²) in [6, 6.07) is 8.13. The van der Waals surface area contributed by atoms with Crippen LogP contribution in [0.15, 0.2) is 29.3 Å². The molecule has 0 aliphatic carbocycles. The number of aromatic nitrogens is 2. The van der Waals surface area contributed by atoms with Crippen LogP contribution in [0.1, 0.15) is 5.56 Å². The minimum Gasteiger partial charge on any atom is -0.359 e. The number of guanidine groups is 1. The highest BCUT2D eigenvalue weighted by Gasteiger charge is 2.09. The SMILES string of the molecule is CN=C(NC)Nc1nnc(-c2ccccc2C)s1.Cl. The summed E-state index contributed by atoms with van der Waals surface area (Å²) in [5.74, 6) is 0.669. The van der Waals surface area contributed by atoms with E-state index >= 15 is 0 Å². The standard InChI is InChI=1S/C12H15N5S.ClH/c1-8-6-4-5-7-9(8)10-16-17-12(18-10)15-11(13-2)14-3;/h4-7H,1-3H3,(H2,13,14,15,17);1H. The minimum absolute atomic E-state index is 0. The van der Waals surface area contributed by atoms with Crippen molar-refractivity contribution in [2.45, 2.75) is 6.92 Å². The van der Waals surface area contributed by atoms with Gasteiger partial charge in [-0.25, -0.2) is 0 Å². The lowest BCUT2D eigenvalue weighted by atomic mass is 10.1. The first-order valence-electron chi connectivity index (χ1n) is 5.55. The van der Waals surface area contributed by atoms with Gasteiger partial charge in [-0.1, -0.05) is 35.6 Å². The molecule has 0 spiro atoms. The Morgan fingerprint density at radius 3 is 2.63 bits per heavy atom. The molecule has 0 radical (unpaired) electrons. The van der Waals surface area contributed by atoms with E-state index < -0.39 is 0 Å². The Balaban J connectivity index is 0.00000180. The molecule has 0 amide bonds. The molecule has 0 unspecified atom stereocenters. The molecule has 19 heavy (non-hydrogen) atoms. The predicted octanol–water partition coefficient (Wildman–Crippen LogP) is 2.55. The van der Waals surface area contributed by atoms with Crippen molar-refractivity contribution in [3.05, 3.63) is 29.8 Å². The summed E-state index contributed by atoms with van der Waals surface area (Å²) in [7, 11) is 3.51. The normalized spacial score (nSPS) is 10.8. The van der Waals surface area contributed by atoms with Gasteiger partial charge in [0.1, 0.15) is 5.01 Å². The Morgan fingerprint density at radius 1 is 1.26 bits per heavy atom. The van der Waals surface area contributed by atoms with E-state index in [4.69, 9.17) is 0 Å². The fourth-order valence-corrected chi connectivity index (χ4v) is 2.36. The highest BCUT2D eigenvalue weighted by molar-refractivity contribution is 7.18. The second-order valence-electron chi connectivity index (χ2n) is 3.67. The maximum absolute atomic E-state index is 4.19. The van der Waals surface area contributed by atoms with Gasteiger partial charge < -0.3 is 10.6 Å². The fraction of sp³-hybridized carbons (Fsp3) is 0.250. The van der Waals surface area contributed by atoms with Gasteiger partial charge in [-0.2, -0.15) is 0 Å². The topological polar surface area (TPSA) is 62.2 Å². The number of nitrogens with zero attached hydrogens (tertiary/aromatic N) is 3. The molecule has 0 bridgehead atoms. The number of rotatable bonds is 2. The number of halogens is 1. The lowest BCUT2D eigenvalue weighted by Gasteiger charge is -2.03. The Labute approximate surface area is 122 Å². The molecular formula is C12H16ClN5S. The number of hydrogen-bond donors (Lipinski definition) is 2. The van der Waals surface area contributed by atoms with Crippen LogP contribution in [0.5, 0.6) is 0 Å². The molecule has 5 nitrogen and oxygen atoms in total.